The number of rotatable bonds is 4. The summed E-state index contributed by atoms with van der Waals surface area (Å²) in [6.45, 7) is 1.82. The van der Waals surface area contributed by atoms with Crippen LogP contribution in [0.25, 0.3) is 0 Å². The molecule has 2 rings (SSSR count). The molecule has 0 radical (unpaired) electrons. The van der Waals surface area contributed by atoms with E-state index in [4.69, 9.17) is 9.47 Å². The number of nitrogens with one attached hydrogen (secondary N) is 1. The molecule has 1 heterocycles. The van der Waals surface area contributed by atoms with Gasteiger partial charge in [-0.25, -0.2) is 0 Å². The molecule has 2 unspecified atom stereocenters. The van der Waals surface area contributed by atoms with Crippen LogP contribution in [0.5, 0.6) is 0 Å². The maximum atomic E-state index is 5.93. The summed E-state index contributed by atoms with van der Waals surface area (Å²) in [5.74, 6) is 0.628. The topological polar surface area (TPSA) is 30.5 Å². The third-order valence-electron chi connectivity index (χ3n) is 4.42. The zero-order chi connectivity index (χ0) is 11.4. The summed E-state index contributed by atoms with van der Waals surface area (Å²) in [6, 6.07) is 0.459. The van der Waals surface area contributed by atoms with Crippen LogP contribution in [0.3, 0.4) is 0 Å². The Bertz CT molecular complexity index is 208. The van der Waals surface area contributed by atoms with Crippen LogP contribution in [0.1, 0.15) is 38.5 Å². The lowest BCUT2D eigenvalue weighted by Crippen LogP contribution is -2.56. The minimum Gasteiger partial charge on any atom is -0.381 e. The molecule has 94 valence electrons. The highest BCUT2D eigenvalue weighted by atomic mass is 16.5. The maximum absolute atomic E-state index is 5.93. The molecular weight excluding hydrogens is 202 g/mol. The Hall–Kier alpha value is -0.120. The fraction of sp³-hybridized carbons (Fsp3) is 1.00. The van der Waals surface area contributed by atoms with Gasteiger partial charge in [0.15, 0.2) is 0 Å². The van der Waals surface area contributed by atoms with Gasteiger partial charge in [0.2, 0.25) is 0 Å². The Morgan fingerprint density at radius 3 is 2.56 bits per heavy atom. The Kier molecular flexibility index (Phi) is 4.22. The molecule has 16 heavy (non-hydrogen) atoms. The lowest BCUT2D eigenvalue weighted by Gasteiger charge is -2.44. The first-order valence-electron chi connectivity index (χ1n) is 6.62. The Labute approximate surface area is 98.9 Å². The van der Waals surface area contributed by atoms with Crippen molar-refractivity contribution < 1.29 is 9.47 Å². The highest BCUT2D eigenvalue weighted by molar-refractivity contribution is 4.98. The van der Waals surface area contributed by atoms with Crippen LogP contribution in [-0.2, 0) is 9.47 Å². The van der Waals surface area contributed by atoms with E-state index >= 15 is 0 Å². The molecule has 0 aromatic carbocycles. The van der Waals surface area contributed by atoms with E-state index in [1.54, 1.807) is 0 Å². The molecule has 0 bridgehead atoms. The van der Waals surface area contributed by atoms with Crippen molar-refractivity contribution in [3.05, 3.63) is 0 Å². The molecule has 0 spiro atoms. The van der Waals surface area contributed by atoms with Gasteiger partial charge in [-0.05, 0) is 26.3 Å². The van der Waals surface area contributed by atoms with E-state index in [-0.39, 0.29) is 5.60 Å². The predicted molar refractivity (Wildman–Crippen MR) is 64.6 cm³/mol. The average molecular weight is 227 g/mol. The summed E-state index contributed by atoms with van der Waals surface area (Å²) < 4.78 is 11.5. The van der Waals surface area contributed by atoms with Crippen LogP contribution in [0.2, 0.25) is 0 Å². The number of hydrogen-bond donors (Lipinski definition) is 1. The Morgan fingerprint density at radius 1 is 1.31 bits per heavy atom. The van der Waals surface area contributed by atoms with Crippen molar-refractivity contribution in [3.63, 3.8) is 0 Å². The van der Waals surface area contributed by atoms with Gasteiger partial charge in [0.1, 0.15) is 0 Å². The smallest absolute Gasteiger partial charge is 0.0834 e. The van der Waals surface area contributed by atoms with E-state index in [9.17, 15) is 0 Å². The van der Waals surface area contributed by atoms with Crippen molar-refractivity contribution in [2.45, 2.75) is 50.2 Å². The van der Waals surface area contributed by atoms with Gasteiger partial charge in [-0.1, -0.05) is 19.3 Å². The molecule has 0 amide bonds. The molecule has 3 heteroatoms. The van der Waals surface area contributed by atoms with Crippen molar-refractivity contribution >= 4 is 0 Å². The van der Waals surface area contributed by atoms with Gasteiger partial charge in [0, 0.05) is 25.7 Å². The van der Waals surface area contributed by atoms with Crippen molar-refractivity contribution in [1.29, 1.82) is 0 Å². The molecule has 1 N–H and O–H groups in total. The van der Waals surface area contributed by atoms with Gasteiger partial charge in [-0.3, -0.25) is 0 Å². The largest absolute Gasteiger partial charge is 0.381 e. The lowest BCUT2D eigenvalue weighted by atomic mass is 9.74. The quantitative estimate of drug-likeness (QED) is 0.796. The summed E-state index contributed by atoms with van der Waals surface area (Å²) in [6.07, 6.45) is 7.55. The summed E-state index contributed by atoms with van der Waals surface area (Å²) >= 11 is 0. The highest BCUT2D eigenvalue weighted by Gasteiger charge is 2.44. The minimum atomic E-state index is 0.0609. The van der Waals surface area contributed by atoms with E-state index in [0.717, 1.165) is 13.2 Å². The molecule has 2 aliphatic rings. The molecule has 2 atom stereocenters. The monoisotopic (exact) mass is 227 g/mol. The van der Waals surface area contributed by atoms with E-state index in [1.807, 2.05) is 7.11 Å². The second-order valence-electron chi connectivity index (χ2n) is 5.22. The molecule has 1 aliphatic carbocycles. The summed E-state index contributed by atoms with van der Waals surface area (Å²) in [5, 5.41) is 3.50. The maximum Gasteiger partial charge on any atom is 0.0834 e. The molecule has 1 saturated heterocycles. The molecule has 3 nitrogen and oxygen atoms in total. The molecule has 1 saturated carbocycles. The van der Waals surface area contributed by atoms with Crippen LogP contribution >= 0.6 is 0 Å². The first-order valence-corrected chi connectivity index (χ1v) is 6.62. The van der Waals surface area contributed by atoms with E-state index in [2.05, 4.69) is 12.4 Å². The fourth-order valence-electron chi connectivity index (χ4n) is 3.54. The van der Waals surface area contributed by atoms with Crippen LogP contribution in [0.4, 0.5) is 0 Å². The second kappa shape index (κ2) is 5.48. The minimum absolute atomic E-state index is 0.0609. The third kappa shape index (κ3) is 2.27. The number of likely N-dealkylation sites (N-methyl/N-ethyl adjacent to an activating group) is 1. The number of methoxy groups -OCH3 is 1. The van der Waals surface area contributed by atoms with Crippen molar-refractivity contribution in [2.24, 2.45) is 5.92 Å². The Morgan fingerprint density at radius 2 is 2.06 bits per heavy atom. The first kappa shape index (κ1) is 12.3. The van der Waals surface area contributed by atoms with Crippen LogP contribution in [0.15, 0.2) is 0 Å². The summed E-state index contributed by atoms with van der Waals surface area (Å²) in [4.78, 5) is 0. The number of ether oxygens (including phenoxy) is 2. The van der Waals surface area contributed by atoms with Crippen molar-refractivity contribution in [2.75, 3.05) is 27.4 Å². The molecular formula is C13H25NO2. The van der Waals surface area contributed by atoms with Crippen molar-refractivity contribution in [3.8, 4) is 0 Å². The van der Waals surface area contributed by atoms with Crippen molar-refractivity contribution in [1.82, 2.24) is 5.32 Å². The zero-order valence-electron chi connectivity index (χ0n) is 10.6. The lowest BCUT2D eigenvalue weighted by molar-refractivity contribution is -0.0802. The SMILES string of the molecule is CNC(C1CCOC1)C1(OC)CCCCC1. The molecule has 2 fully saturated rings. The van der Waals surface area contributed by atoms with Gasteiger partial charge in [0.25, 0.3) is 0 Å². The van der Waals surface area contributed by atoms with E-state index in [0.29, 0.717) is 12.0 Å². The molecule has 1 aliphatic heterocycles. The second-order valence-corrected chi connectivity index (χ2v) is 5.22. The van der Waals surface area contributed by atoms with Gasteiger partial charge >= 0.3 is 0 Å². The first-order chi connectivity index (χ1) is 7.82. The standard InChI is InChI=1S/C13H25NO2/c1-14-12(11-6-9-16-10-11)13(15-2)7-4-3-5-8-13/h11-12,14H,3-10H2,1-2H3. The fourth-order valence-corrected chi connectivity index (χ4v) is 3.54. The van der Waals surface area contributed by atoms with Gasteiger partial charge in [-0.2, -0.15) is 0 Å². The normalized spacial score (nSPS) is 31.5. The average Bonchev–Trinajstić information content (AvgIpc) is 2.85. The van der Waals surface area contributed by atoms with Crippen LogP contribution in [0, 0.1) is 5.92 Å². The Balaban J connectivity index is 2.08. The highest BCUT2D eigenvalue weighted by Crippen LogP contribution is 2.38. The predicted octanol–water partition coefficient (Wildman–Crippen LogP) is 1.96. The molecule has 0 aromatic rings. The van der Waals surface area contributed by atoms with Gasteiger partial charge < -0.3 is 14.8 Å². The van der Waals surface area contributed by atoms with E-state index < -0.39 is 0 Å². The van der Waals surface area contributed by atoms with E-state index in [1.165, 1.54) is 38.5 Å². The number of hydrogen-bond acceptors (Lipinski definition) is 3. The van der Waals surface area contributed by atoms with Gasteiger partial charge in [-0.15, -0.1) is 0 Å². The zero-order valence-corrected chi connectivity index (χ0v) is 10.6. The molecule has 0 aromatic heterocycles. The van der Waals surface area contributed by atoms with Crippen LogP contribution in [-0.4, -0.2) is 39.0 Å². The summed E-state index contributed by atoms with van der Waals surface area (Å²) in [5.41, 5.74) is 0.0609. The summed E-state index contributed by atoms with van der Waals surface area (Å²) in [7, 11) is 3.95. The van der Waals surface area contributed by atoms with Gasteiger partial charge in [0.05, 0.1) is 12.2 Å². The van der Waals surface area contributed by atoms with Crippen LogP contribution < -0.4 is 5.32 Å². The third-order valence-corrected chi connectivity index (χ3v) is 4.42.